The van der Waals surface area contributed by atoms with Crippen LogP contribution in [0.15, 0.2) is 21.2 Å². The highest BCUT2D eigenvalue weighted by atomic mass is 32.2. The number of carbonyl (C=O) groups excluding carboxylic acids is 1. The number of rotatable bonds is 6. The first-order chi connectivity index (χ1) is 11.1. The normalized spacial score (nSPS) is 20.5. The van der Waals surface area contributed by atoms with Gasteiger partial charge in [-0.3, -0.25) is 4.79 Å². The summed E-state index contributed by atoms with van der Waals surface area (Å²) in [4.78, 5) is 23.4. The molecule has 1 saturated heterocycles. The van der Waals surface area contributed by atoms with Crippen molar-refractivity contribution in [1.82, 2.24) is 15.5 Å². The lowest BCUT2D eigenvalue weighted by Crippen LogP contribution is -2.54. The molecule has 1 fully saturated rings. The molecular formula is C14H15N3O4S2. The van der Waals surface area contributed by atoms with Crippen molar-refractivity contribution in [1.29, 1.82) is 0 Å². The third-order valence-corrected chi connectivity index (χ3v) is 5.48. The average Bonchev–Trinajstić information content (AvgIpc) is 3.26. The molecule has 2 aromatic heterocycles. The second-order valence-corrected chi connectivity index (χ2v) is 7.14. The van der Waals surface area contributed by atoms with Gasteiger partial charge in [-0.25, -0.2) is 4.79 Å². The van der Waals surface area contributed by atoms with E-state index in [1.165, 1.54) is 23.1 Å². The van der Waals surface area contributed by atoms with E-state index in [1.54, 1.807) is 0 Å². The molecule has 7 nitrogen and oxygen atoms in total. The summed E-state index contributed by atoms with van der Waals surface area (Å²) in [6, 6.07) is 1.88. The van der Waals surface area contributed by atoms with Gasteiger partial charge in [-0.1, -0.05) is 0 Å². The number of carbonyl (C=O) groups is 2. The van der Waals surface area contributed by atoms with E-state index >= 15 is 0 Å². The van der Waals surface area contributed by atoms with Crippen molar-refractivity contribution in [3.05, 3.63) is 22.7 Å². The number of carboxylic acids is 1. The van der Waals surface area contributed by atoms with Gasteiger partial charge in [-0.05, 0) is 23.6 Å². The highest BCUT2D eigenvalue weighted by molar-refractivity contribution is 7.99. The summed E-state index contributed by atoms with van der Waals surface area (Å²) in [5.74, 6) is 0.637. The quantitative estimate of drug-likeness (QED) is 0.816. The van der Waals surface area contributed by atoms with E-state index in [2.05, 4.69) is 15.5 Å². The number of hydrogen-bond acceptors (Lipinski definition) is 7. The molecule has 2 N–H and O–H groups in total. The van der Waals surface area contributed by atoms with Gasteiger partial charge in [0.15, 0.2) is 0 Å². The molecule has 0 bridgehead atoms. The highest BCUT2D eigenvalue weighted by Gasteiger charge is 2.43. The summed E-state index contributed by atoms with van der Waals surface area (Å²) >= 11 is 3.06. The van der Waals surface area contributed by atoms with Crippen molar-refractivity contribution in [3.63, 3.8) is 0 Å². The Kier molecular flexibility index (Phi) is 4.67. The molecule has 1 aliphatic rings. The van der Waals surface area contributed by atoms with Crippen LogP contribution in [-0.4, -0.2) is 44.2 Å². The van der Waals surface area contributed by atoms with E-state index < -0.39 is 11.5 Å². The van der Waals surface area contributed by atoms with Crippen molar-refractivity contribution in [2.45, 2.75) is 24.8 Å². The van der Waals surface area contributed by atoms with Crippen LogP contribution in [-0.2, 0) is 16.0 Å². The lowest BCUT2D eigenvalue weighted by molar-refractivity contribution is -0.146. The summed E-state index contributed by atoms with van der Waals surface area (Å²) in [5.41, 5.74) is -0.288. The molecule has 23 heavy (non-hydrogen) atoms. The summed E-state index contributed by atoms with van der Waals surface area (Å²) < 4.78 is 5.51. The molecular weight excluding hydrogens is 338 g/mol. The van der Waals surface area contributed by atoms with Gasteiger partial charge >= 0.3 is 5.97 Å². The molecule has 0 spiro atoms. The van der Waals surface area contributed by atoms with Crippen molar-refractivity contribution in [2.75, 3.05) is 11.5 Å². The van der Waals surface area contributed by atoms with E-state index in [-0.39, 0.29) is 18.7 Å². The van der Waals surface area contributed by atoms with E-state index in [4.69, 9.17) is 4.42 Å². The molecule has 0 aliphatic carbocycles. The Bertz CT molecular complexity index is 693. The Morgan fingerprint density at radius 1 is 1.43 bits per heavy atom. The fraction of sp³-hybridized carbons (Fsp3) is 0.429. The Hall–Kier alpha value is -1.87. The maximum Gasteiger partial charge on any atom is 0.330 e. The molecule has 122 valence electrons. The molecule has 1 unspecified atom stereocenters. The SMILES string of the molecule is O=C(CCc1nnc(-c2ccsc2)o1)NC1(C(=O)O)CCSC1. The fourth-order valence-corrected chi connectivity index (χ4v) is 4.25. The van der Waals surface area contributed by atoms with Crippen LogP contribution in [0.1, 0.15) is 18.7 Å². The molecule has 9 heteroatoms. The first kappa shape index (κ1) is 16.0. The Morgan fingerprint density at radius 3 is 2.96 bits per heavy atom. The minimum atomic E-state index is -1.14. The van der Waals surface area contributed by atoms with E-state index in [9.17, 15) is 14.7 Å². The monoisotopic (exact) mass is 353 g/mol. The van der Waals surface area contributed by atoms with Gasteiger partial charge in [0.25, 0.3) is 0 Å². The first-order valence-corrected chi connectivity index (χ1v) is 9.16. The zero-order chi connectivity index (χ0) is 16.3. The van der Waals surface area contributed by atoms with Gasteiger partial charge in [0, 0.05) is 29.5 Å². The van der Waals surface area contributed by atoms with Crippen molar-refractivity contribution >= 4 is 35.0 Å². The maximum absolute atomic E-state index is 12.0. The van der Waals surface area contributed by atoms with Crippen molar-refractivity contribution in [3.8, 4) is 11.5 Å². The van der Waals surface area contributed by atoms with Gasteiger partial charge in [-0.2, -0.15) is 23.1 Å². The largest absolute Gasteiger partial charge is 0.479 e. The Labute approximate surface area is 140 Å². The number of aryl methyl sites for hydroxylation is 1. The predicted molar refractivity (Wildman–Crippen MR) is 86.4 cm³/mol. The van der Waals surface area contributed by atoms with Crippen LogP contribution in [0.2, 0.25) is 0 Å². The number of nitrogens with zero attached hydrogens (tertiary/aromatic N) is 2. The molecule has 2 aromatic rings. The number of amides is 1. The lowest BCUT2D eigenvalue weighted by atomic mass is 9.99. The summed E-state index contributed by atoms with van der Waals surface area (Å²) in [7, 11) is 0. The molecule has 1 aliphatic heterocycles. The van der Waals surface area contributed by atoms with Gasteiger partial charge in [-0.15, -0.1) is 10.2 Å². The zero-order valence-corrected chi connectivity index (χ0v) is 13.8. The predicted octanol–water partition coefficient (Wildman–Crippen LogP) is 1.81. The smallest absolute Gasteiger partial charge is 0.330 e. The van der Waals surface area contributed by atoms with Crippen molar-refractivity contribution < 1.29 is 19.1 Å². The number of hydrogen-bond donors (Lipinski definition) is 2. The summed E-state index contributed by atoms with van der Waals surface area (Å²) in [5, 5.41) is 23.7. The standard InChI is InChI=1S/C14H15N3O4S2/c18-10(15-14(13(19)20)4-6-23-8-14)1-2-11-16-17-12(21-11)9-3-5-22-7-9/h3,5,7H,1-2,4,6,8H2,(H,15,18)(H,19,20). The third-order valence-electron chi connectivity index (χ3n) is 3.61. The van der Waals surface area contributed by atoms with Crippen LogP contribution < -0.4 is 5.32 Å². The van der Waals surface area contributed by atoms with E-state index in [0.717, 1.165) is 11.3 Å². The highest BCUT2D eigenvalue weighted by Crippen LogP contribution is 2.28. The van der Waals surface area contributed by atoms with Crippen LogP contribution >= 0.6 is 23.1 Å². The third kappa shape index (κ3) is 3.56. The van der Waals surface area contributed by atoms with Crippen LogP contribution in [0.25, 0.3) is 11.5 Å². The van der Waals surface area contributed by atoms with E-state index in [0.29, 0.717) is 24.0 Å². The second kappa shape index (κ2) is 6.71. The lowest BCUT2D eigenvalue weighted by Gasteiger charge is -2.24. The van der Waals surface area contributed by atoms with Crippen molar-refractivity contribution in [2.24, 2.45) is 0 Å². The second-order valence-electron chi connectivity index (χ2n) is 5.25. The maximum atomic E-state index is 12.0. The minimum Gasteiger partial charge on any atom is -0.479 e. The van der Waals surface area contributed by atoms with E-state index in [1.807, 2.05) is 16.8 Å². The average molecular weight is 353 g/mol. The van der Waals surface area contributed by atoms with Crippen LogP contribution in [0.4, 0.5) is 0 Å². The minimum absolute atomic E-state index is 0.116. The van der Waals surface area contributed by atoms with Gasteiger partial charge in [0.2, 0.25) is 17.7 Å². The molecule has 1 amide bonds. The first-order valence-electron chi connectivity index (χ1n) is 7.06. The molecule has 0 aromatic carbocycles. The Balaban J connectivity index is 1.56. The van der Waals surface area contributed by atoms with Gasteiger partial charge in [0.05, 0.1) is 0 Å². The number of nitrogens with one attached hydrogen (secondary N) is 1. The molecule has 1 atom stereocenters. The van der Waals surface area contributed by atoms with Gasteiger partial charge < -0.3 is 14.8 Å². The summed E-state index contributed by atoms with van der Waals surface area (Å²) in [6.07, 6.45) is 0.846. The molecule has 0 saturated carbocycles. The number of aliphatic carboxylic acids is 1. The Morgan fingerprint density at radius 2 is 2.30 bits per heavy atom. The fourth-order valence-electron chi connectivity index (χ4n) is 2.29. The number of thiophene rings is 1. The van der Waals surface area contributed by atoms with Crippen LogP contribution in [0.5, 0.6) is 0 Å². The summed E-state index contributed by atoms with van der Waals surface area (Å²) in [6.45, 7) is 0. The number of aromatic nitrogens is 2. The zero-order valence-electron chi connectivity index (χ0n) is 12.2. The molecule has 3 rings (SSSR count). The van der Waals surface area contributed by atoms with Crippen LogP contribution in [0, 0.1) is 0 Å². The number of carboxylic acid groups (broad SMARTS) is 1. The number of thioether (sulfide) groups is 1. The molecule has 3 heterocycles. The van der Waals surface area contributed by atoms with Crippen LogP contribution in [0.3, 0.4) is 0 Å². The molecule has 0 radical (unpaired) electrons. The topological polar surface area (TPSA) is 105 Å². The van der Waals surface area contributed by atoms with Gasteiger partial charge in [0.1, 0.15) is 5.54 Å².